The maximum Gasteiger partial charge on any atom is 0.117 e. The Morgan fingerprint density at radius 1 is 1.26 bits per heavy atom. The average molecular weight is 323 g/mol. The number of nitrogens with two attached hydrogens (primary N) is 1. The zero-order valence-electron chi connectivity index (χ0n) is 11.1. The van der Waals surface area contributed by atoms with Gasteiger partial charge in [0.05, 0.1) is 12.8 Å². The van der Waals surface area contributed by atoms with Crippen LogP contribution >= 0.6 is 15.9 Å². The van der Waals surface area contributed by atoms with Gasteiger partial charge in [-0.15, -0.1) is 0 Å². The number of rotatable bonds is 6. The highest BCUT2D eigenvalue weighted by Gasteiger charge is 2.09. The normalized spacial score (nSPS) is 11.2. The van der Waals surface area contributed by atoms with Crippen LogP contribution < -0.4 is 5.73 Å². The van der Waals surface area contributed by atoms with Crippen LogP contribution in [-0.4, -0.2) is 11.4 Å². The molecular weight excluding hydrogens is 304 g/mol. The summed E-state index contributed by atoms with van der Waals surface area (Å²) in [5.41, 5.74) is 8.06. The van der Waals surface area contributed by atoms with Crippen LogP contribution in [0.2, 0.25) is 0 Å². The van der Waals surface area contributed by atoms with E-state index in [1.165, 1.54) is 5.56 Å². The molecule has 4 heteroatoms. The molecule has 0 atom stereocenters. The summed E-state index contributed by atoms with van der Waals surface area (Å²) in [6.45, 7) is 5.43. The van der Waals surface area contributed by atoms with Gasteiger partial charge >= 0.3 is 0 Å². The standard InChI is InChI=1S/C15H19BrN2O/c1-2-18(11-14-4-3-7-19-14)10-13-6-5-12(9-17)8-15(13)16/h3-8H,2,9-11,17H2,1H3. The van der Waals surface area contributed by atoms with Gasteiger partial charge in [0.2, 0.25) is 0 Å². The summed E-state index contributed by atoms with van der Waals surface area (Å²) >= 11 is 3.62. The summed E-state index contributed by atoms with van der Waals surface area (Å²) in [5.74, 6) is 0.997. The minimum atomic E-state index is 0.572. The molecule has 0 saturated carbocycles. The number of furan rings is 1. The van der Waals surface area contributed by atoms with Crippen molar-refractivity contribution in [1.29, 1.82) is 0 Å². The van der Waals surface area contributed by atoms with Gasteiger partial charge in [0.25, 0.3) is 0 Å². The number of nitrogens with zero attached hydrogens (tertiary/aromatic N) is 1. The van der Waals surface area contributed by atoms with E-state index >= 15 is 0 Å². The van der Waals surface area contributed by atoms with E-state index in [-0.39, 0.29) is 0 Å². The SMILES string of the molecule is CCN(Cc1ccco1)Cc1ccc(CN)cc1Br. The zero-order chi connectivity index (χ0) is 13.7. The summed E-state index contributed by atoms with van der Waals surface area (Å²) in [7, 11) is 0. The molecule has 1 aromatic carbocycles. The molecule has 0 aliphatic heterocycles. The Labute approximate surface area is 122 Å². The van der Waals surface area contributed by atoms with E-state index in [1.807, 2.05) is 12.1 Å². The predicted octanol–water partition coefficient (Wildman–Crippen LogP) is 3.52. The molecule has 0 amide bonds. The molecule has 0 radical (unpaired) electrons. The quantitative estimate of drug-likeness (QED) is 0.884. The summed E-state index contributed by atoms with van der Waals surface area (Å²) in [5, 5.41) is 0. The molecule has 0 saturated heterocycles. The van der Waals surface area contributed by atoms with Crippen molar-refractivity contribution in [2.24, 2.45) is 5.73 Å². The van der Waals surface area contributed by atoms with Crippen molar-refractivity contribution < 1.29 is 4.42 Å². The van der Waals surface area contributed by atoms with Crippen molar-refractivity contribution in [3.05, 3.63) is 58.0 Å². The third kappa shape index (κ3) is 3.93. The lowest BCUT2D eigenvalue weighted by Crippen LogP contribution is -2.22. The first kappa shape index (κ1) is 14.3. The van der Waals surface area contributed by atoms with Gasteiger partial charge in [0.1, 0.15) is 5.76 Å². The largest absolute Gasteiger partial charge is 0.468 e. The molecule has 0 unspecified atom stereocenters. The third-order valence-corrected chi connectivity index (χ3v) is 3.89. The Kier molecular flexibility index (Phi) is 5.19. The Balaban J connectivity index is 2.05. The van der Waals surface area contributed by atoms with Crippen molar-refractivity contribution in [2.45, 2.75) is 26.6 Å². The molecule has 2 rings (SSSR count). The molecule has 102 valence electrons. The number of hydrogen-bond donors (Lipinski definition) is 1. The van der Waals surface area contributed by atoms with Gasteiger partial charge in [-0.1, -0.05) is 35.0 Å². The molecule has 2 N–H and O–H groups in total. The van der Waals surface area contributed by atoms with E-state index in [1.54, 1.807) is 6.26 Å². The number of benzene rings is 1. The van der Waals surface area contributed by atoms with E-state index < -0.39 is 0 Å². The molecule has 1 heterocycles. The second-order valence-electron chi connectivity index (χ2n) is 4.51. The smallest absolute Gasteiger partial charge is 0.117 e. The van der Waals surface area contributed by atoms with Crippen LogP contribution in [0.5, 0.6) is 0 Å². The average Bonchev–Trinajstić information content (AvgIpc) is 2.92. The van der Waals surface area contributed by atoms with Gasteiger partial charge in [-0.3, -0.25) is 4.90 Å². The molecular formula is C15H19BrN2O. The van der Waals surface area contributed by atoms with Gasteiger partial charge in [0, 0.05) is 17.6 Å². The fourth-order valence-corrected chi connectivity index (χ4v) is 2.54. The molecule has 0 aliphatic carbocycles. The lowest BCUT2D eigenvalue weighted by atomic mass is 10.1. The first-order valence-corrected chi connectivity index (χ1v) is 7.24. The monoisotopic (exact) mass is 322 g/mol. The van der Waals surface area contributed by atoms with Crippen molar-refractivity contribution in [1.82, 2.24) is 4.90 Å². The second-order valence-corrected chi connectivity index (χ2v) is 5.37. The fourth-order valence-electron chi connectivity index (χ4n) is 1.99. The molecule has 3 nitrogen and oxygen atoms in total. The van der Waals surface area contributed by atoms with Crippen LogP contribution in [0.4, 0.5) is 0 Å². The minimum absolute atomic E-state index is 0.572. The maximum atomic E-state index is 5.64. The lowest BCUT2D eigenvalue weighted by molar-refractivity contribution is 0.247. The summed E-state index contributed by atoms with van der Waals surface area (Å²) in [6.07, 6.45) is 1.72. The Morgan fingerprint density at radius 3 is 2.68 bits per heavy atom. The first-order chi connectivity index (χ1) is 9.22. The first-order valence-electron chi connectivity index (χ1n) is 6.45. The van der Waals surface area contributed by atoms with Crippen LogP contribution in [0.15, 0.2) is 45.5 Å². The predicted molar refractivity (Wildman–Crippen MR) is 80.5 cm³/mol. The van der Waals surface area contributed by atoms with Crippen LogP contribution in [0.1, 0.15) is 23.8 Å². The van der Waals surface area contributed by atoms with E-state index in [4.69, 9.17) is 10.2 Å². The van der Waals surface area contributed by atoms with Crippen LogP contribution in [-0.2, 0) is 19.6 Å². The van der Waals surface area contributed by atoms with Gasteiger partial charge in [-0.2, -0.15) is 0 Å². The topological polar surface area (TPSA) is 42.4 Å². The van der Waals surface area contributed by atoms with Crippen molar-refractivity contribution in [3.63, 3.8) is 0 Å². The third-order valence-electron chi connectivity index (χ3n) is 3.15. The molecule has 0 spiro atoms. The maximum absolute atomic E-state index is 5.64. The van der Waals surface area contributed by atoms with Crippen LogP contribution in [0.3, 0.4) is 0 Å². The molecule has 0 aliphatic rings. The summed E-state index contributed by atoms with van der Waals surface area (Å²) < 4.78 is 6.52. The van der Waals surface area contributed by atoms with Crippen LogP contribution in [0, 0.1) is 0 Å². The summed E-state index contributed by atoms with van der Waals surface area (Å²) in [4.78, 5) is 2.33. The van der Waals surface area contributed by atoms with Crippen LogP contribution in [0.25, 0.3) is 0 Å². The van der Waals surface area contributed by atoms with E-state index in [2.05, 4.69) is 46.0 Å². The molecule has 0 fully saturated rings. The van der Waals surface area contributed by atoms with Gasteiger partial charge < -0.3 is 10.2 Å². The summed E-state index contributed by atoms with van der Waals surface area (Å²) in [6, 6.07) is 10.2. The second kappa shape index (κ2) is 6.89. The molecule has 1 aromatic heterocycles. The zero-order valence-corrected chi connectivity index (χ0v) is 12.7. The van der Waals surface area contributed by atoms with Gasteiger partial charge in [0.15, 0.2) is 0 Å². The van der Waals surface area contributed by atoms with E-state index in [0.29, 0.717) is 6.54 Å². The number of halogens is 1. The van der Waals surface area contributed by atoms with Gasteiger partial charge in [-0.25, -0.2) is 0 Å². The van der Waals surface area contributed by atoms with Crippen molar-refractivity contribution in [2.75, 3.05) is 6.54 Å². The minimum Gasteiger partial charge on any atom is -0.468 e. The Morgan fingerprint density at radius 2 is 2.11 bits per heavy atom. The van der Waals surface area contributed by atoms with Crippen molar-refractivity contribution >= 4 is 15.9 Å². The van der Waals surface area contributed by atoms with E-state index in [9.17, 15) is 0 Å². The lowest BCUT2D eigenvalue weighted by Gasteiger charge is -2.20. The Hall–Kier alpha value is -1.10. The highest BCUT2D eigenvalue weighted by atomic mass is 79.9. The van der Waals surface area contributed by atoms with Gasteiger partial charge in [-0.05, 0) is 35.9 Å². The fraction of sp³-hybridized carbons (Fsp3) is 0.333. The molecule has 19 heavy (non-hydrogen) atoms. The highest BCUT2D eigenvalue weighted by Crippen LogP contribution is 2.21. The van der Waals surface area contributed by atoms with Crippen molar-refractivity contribution in [3.8, 4) is 0 Å². The Bertz CT molecular complexity index is 511. The number of hydrogen-bond acceptors (Lipinski definition) is 3. The molecule has 2 aromatic rings. The highest BCUT2D eigenvalue weighted by molar-refractivity contribution is 9.10. The van der Waals surface area contributed by atoms with E-state index in [0.717, 1.165) is 35.4 Å². The molecule has 0 bridgehead atoms.